The van der Waals surface area contributed by atoms with E-state index in [4.69, 9.17) is 5.21 Å². The molecule has 0 atom stereocenters. The zero-order valence-corrected chi connectivity index (χ0v) is 9.56. The van der Waals surface area contributed by atoms with Gasteiger partial charge in [0.15, 0.2) is 0 Å². The van der Waals surface area contributed by atoms with E-state index in [0.717, 1.165) is 22.6 Å². The number of nitrogens with zero attached hydrogens (tertiary/aromatic N) is 1. The summed E-state index contributed by atoms with van der Waals surface area (Å²) < 4.78 is 0. The number of hydrogen-bond acceptors (Lipinski definition) is 3. The largest absolute Gasteiger partial charge is 0.411 e. The van der Waals surface area contributed by atoms with Gasteiger partial charge in [-0.3, -0.25) is 0 Å². The summed E-state index contributed by atoms with van der Waals surface area (Å²) in [5, 5.41) is 12.2. The van der Waals surface area contributed by atoms with Crippen LogP contribution < -0.4 is 0 Å². The molecule has 0 saturated heterocycles. The molecule has 0 bridgehead atoms. The summed E-state index contributed by atoms with van der Waals surface area (Å²) in [6.07, 6.45) is 2.77. The number of thioether (sulfide) groups is 1. The maximum atomic E-state index is 8.87. The highest BCUT2D eigenvalue weighted by Crippen LogP contribution is 2.23. The molecule has 0 aromatic heterocycles. The summed E-state index contributed by atoms with van der Waals surface area (Å²) in [5.41, 5.74) is 2.98. The molecule has 0 heterocycles. The zero-order valence-electron chi connectivity index (χ0n) is 8.74. The number of benzene rings is 1. The summed E-state index contributed by atoms with van der Waals surface area (Å²) in [6, 6.07) is 6.19. The molecule has 1 aromatic rings. The van der Waals surface area contributed by atoms with Crippen LogP contribution >= 0.6 is 11.8 Å². The van der Waals surface area contributed by atoms with Crippen molar-refractivity contribution in [2.45, 2.75) is 25.2 Å². The summed E-state index contributed by atoms with van der Waals surface area (Å²) >= 11 is 1.67. The maximum Gasteiger partial charge on any atom is 0.0876 e. The quantitative estimate of drug-likeness (QED) is 0.358. The van der Waals surface area contributed by atoms with Crippen molar-refractivity contribution in [2.75, 3.05) is 6.26 Å². The van der Waals surface area contributed by atoms with E-state index < -0.39 is 0 Å². The van der Waals surface area contributed by atoms with Crippen LogP contribution in [-0.2, 0) is 0 Å². The third-order valence-corrected chi connectivity index (χ3v) is 2.92. The third-order valence-electron chi connectivity index (χ3n) is 2.12. The lowest BCUT2D eigenvalue weighted by atomic mass is 10.1. The fraction of sp³-hybridized carbons (Fsp3) is 0.364. The average molecular weight is 209 g/mol. The van der Waals surface area contributed by atoms with Crippen LogP contribution in [-0.4, -0.2) is 17.2 Å². The zero-order chi connectivity index (χ0) is 10.6. The molecule has 2 nitrogen and oxygen atoms in total. The van der Waals surface area contributed by atoms with Gasteiger partial charge in [-0.15, -0.1) is 11.8 Å². The molecule has 0 aliphatic heterocycles. The molecule has 0 saturated carbocycles. The van der Waals surface area contributed by atoms with Crippen molar-refractivity contribution in [1.82, 2.24) is 0 Å². The van der Waals surface area contributed by atoms with Gasteiger partial charge in [-0.05, 0) is 31.7 Å². The predicted molar refractivity (Wildman–Crippen MR) is 61.6 cm³/mol. The average Bonchev–Trinajstić information content (AvgIpc) is 2.20. The molecule has 0 fully saturated rings. The SMILES string of the molecule is CC/C(=N\O)c1cc(C)ccc1SC. The van der Waals surface area contributed by atoms with Crippen LogP contribution in [0.4, 0.5) is 0 Å². The molecule has 0 radical (unpaired) electrons. The van der Waals surface area contributed by atoms with Crippen molar-refractivity contribution in [1.29, 1.82) is 0 Å². The lowest BCUT2D eigenvalue weighted by Crippen LogP contribution is -2.01. The second-order valence-electron chi connectivity index (χ2n) is 3.10. The van der Waals surface area contributed by atoms with E-state index in [2.05, 4.69) is 23.4 Å². The molecule has 1 N–H and O–H groups in total. The molecule has 0 spiro atoms. The highest BCUT2D eigenvalue weighted by atomic mass is 32.2. The molecule has 1 rings (SSSR count). The Morgan fingerprint density at radius 3 is 2.71 bits per heavy atom. The van der Waals surface area contributed by atoms with Crippen LogP contribution in [0.25, 0.3) is 0 Å². The number of aryl methyl sites for hydroxylation is 1. The maximum absolute atomic E-state index is 8.87. The Kier molecular flexibility index (Phi) is 4.01. The minimum Gasteiger partial charge on any atom is -0.411 e. The summed E-state index contributed by atoms with van der Waals surface area (Å²) in [6.45, 7) is 4.03. The van der Waals surface area contributed by atoms with Crippen molar-refractivity contribution in [3.63, 3.8) is 0 Å². The lowest BCUT2D eigenvalue weighted by Gasteiger charge is -2.08. The van der Waals surface area contributed by atoms with Crippen molar-refractivity contribution < 1.29 is 5.21 Å². The van der Waals surface area contributed by atoms with Crippen LogP contribution in [0.15, 0.2) is 28.3 Å². The van der Waals surface area contributed by atoms with Crippen molar-refractivity contribution in [3.05, 3.63) is 29.3 Å². The van der Waals surface area contributed by atoms with E-state index >= 15 is 0 Å². The van der Waals surface area contributed by atoms with Gasteiger partial charge in [0.25, 0.3) is 0 Å². The Morgan fingerprint density at radius 1 is 1.50 bits per heavy atom. The molecule has 0 unspecified atom stereocenters. The van der Waals surface area contributed by atoms with E-state index in [1.54, 1.807) is 11.8 Å². The molecule has 76 valence electrons. The Labute approximate surface area is 89.0 Å². The first-order valence-electron chi connectivity index (χ1n) is 4.58. The van der Waals surface area contributed by atoms with Crippen molar-refractivity contribution in [3.8, 4) is 0 Å². The van der Waals surface area contributed by atoms with E-state index in [0.29, 0.717) is 0 Å². The fourth-order valence-electron chi connectivity index (χ4n) is 1.36. The molecule has 1 aromatic carbocycles. The van der Waals surface area contributed by atoms with Gasteiger partial charge in [0.05, 0.1) is 5.71 Å². The van der Waals surface area contributed by atoms with E-state index in [9.17, 15) is 0 Å². The lowest BCUT2D eigenvalue weighted by molar-refractivity contribution is 0.318. The number of hydrogen-bond donors (Lipinski definition) is 1. The highest BCUT2D eigenvalue weighted by Gasteiger charge is 2.07. The normalized spacial score (nSPS) is 11.8. The standard InChI is InChI=1S/C11H15NOS/c1-4-10(12-13)9-7-8(2)5-6-11(9)14-3/h5-7,13H,4H2,1-3H3/b12-10+. The number of oxime groups is 1. The van der Waals surface area contributed by atoms with Gasteiger partial charge in [0.1, 0.15) is 0 Å². The Balaban J connectivity index is 3.22. The van der Waals surface area contributed by atoms with Gasteiger partial charge in [0, 0.05) is 10.5 Å². The molecule has 0 amide bonds. The Morgan fingerprint density at radius 2 is 2.21 bits per heavy atom. The molecule has 0 aliphatic rings. The van der Waals surface area contributed by atoms with E-state index in [1.165, 1.54) is 5.56 Å². The van der Waals surface area contributed by atoms with Crippen LogP contribution in [0.5, 0.6) is 0 Å². The van der Waals surface area contributed by atoms with Crippen LogP contribution in [0.2, 0.25) is 0 Å². The summed E-state index contributed by atoms with van der Waals surface area (Å²) in [7, 11) is 0. The number of rotatable bonds is 3. The third kappa shape index (κ3) is 2.29. The first-order valence-corrected chi connectivity index (χ1v) is 5.81. The van der Waals surface area contributed by atoms with Crippen LogP contribution in [0.3, 0.4) is 0 Å². The first-order chi connectivity index (χ1) is 6.72. The second-order valence-corrected chi connectivity index (χ2v) is 3.95. The van der Waals surface area contributed by atoms with Gasteiger partial charge >= 0.3 is 0 Å². The second kappa shape index (κ2) is 5.05. The van der Waals surface area contributed by atoms with E-state index in [-0.39, 0.29) is 0 Å². The minimum atomic E-state index is 0.744. The fourth-order valence-corrected chi connectivity index (χ4v) is 1.96. The molecule has 3 heteroatoms. The van der Waals surface area contributed by atoms with Gasteiger partial charge in [0.2, 0.25) is 0 Å². The predicted octanol–water partition coefficient (Wildman–Crippen LogP) is 3.31. The Hall–Kier alpha value is -0.960. The van der Waals surface area contributed by atoms with Crippen molar-refractivity contribution >= 4 is 17.5 Å². The van der Waals surface area contributed by atoms with Gasteiger partial charge in [-0.1, -0.05) is 23.7 Å². The molecule has 14 heavy (non-hydrogen) atoms. The highest BCUT2D eigenvalue weighted by molar-refractivity contribution is 7.98. The van der Waals surface area contributed by atoms with Gasteiger partial charge in [-0.2, -0.15) is 0 Å². The van der Waals surface area contributed by atoms with Crippen LogP contribution in [0, 0.1) is 6.92 Å². The summed E-state index contributed by atoms with van der Waals surface area (Å²) in [4.78, 5) is 1.16. The minimum absolute atomic E-state index is 0.744. The Bertz CT molecular complexity index is 347. The van der Waals surface area contributed by atoms with E-state index in [1.807, 2.05) is 20.1 Å². The topological polar surface area (TPSA) is 32.6 Å². The molecule has 0 aliphatic carbocycles. The van der Waals surface area contributed by atoms with Crippen LogP contribution in [0.1, 0.15) is 24.5 Å². The smallest absolute Gasteiger partial charge is 0.0876 e. The van der Waals surface area contributed by atoms with Gasteiger partial charge in [-0.25, -0.2) is 0 Å². The molecular weight excluding hydrogens is 194 g/mol. The monoisotopic (exact) mass is 209 g/mol. The molecular formula is C11H15NOS. The first kappa shape index (κ1) is 11.1. The van der Waals surface area contributed by atoms with Crippen molar-refractivity contribution in [2.24, 2.45) is 5.16 Å². The van der Waals surface area contributed by atoms with Gasteiger partial charge < -0.3 is 5.21 Å². The summed E-state index contributed by atoms with van der Waals surface area (Å²) in [5.74, 6) is 0.